The van der Waals surface area contributed by atoms with Crippen molar-refractivity contribution in [3.63, 3.8) is 0 Å². The molecule has 0 fully saturated rings. The number of aromatic nitrogens is 3. The van der Waals surface area contributed by atoms with Gasteiger partial charge >= 0.3 is 0 Å². The maximum atomic E-state index is 11.6. The number of carbonyl (C=O) groups is 1. The van der Waals surface area contributed by atoms with Gasteiger partial charge in [0.25, 0.3) is 0 Å². The van der Waals surface area contributed by atoms with E-state index < -0.39 is 0 Å². The van der Waals surface area contributed by atoms with E-state index in [0.29, 0.717) is 12.1 Å². The molecular formula is C13H18N4OS. The van der Waals surface area contributed by atoms with Gasteiger partial charge in [-0.1, -0.05) is 6.92 Å². The first-order chi connectivity index (χ1) is 9.02. The first-order valence-electron chi connectivity index (χ1n) is 6.25. The number of hydrogen-bond acceptors (Lipinski definition) is 5. The van der Waals surface area contributed by atoms with Crippen molar-refractivity contribution >= 4 is 22.3 Å². The molecule has 19 heavy (non-hydrogen) atoms. The lowest BCUT2D eigenvalue weighted by molar-refractivity contribution is 0.101. The Morgan fingerprint density at radius 1 is 1.53 bits per heavy atom. The highest BCUT2D eigenvalue weighted by Gasteiger charge is 2.15. The van der Waals surface area contributed by atoms with E-state index in [1.54, 1.807) is 6.92 Å². The SMILES string of the molecule is CCc1nn(C)cc1CNc1snc(C)c1C(C)=O. The monoisotopic (exact) mass is 278 g/mol. The predicted molar refractivity (Wildman–Crippen MR) is 76.8 cm³/mol. The van der Waals surface area contributed by atoms with Crippen molar-refractivity contribution in [2.24, 2.45) is 7.05 Å². The van der Waals surface area contributed by atoms with Crippen LogP contribution in [0.25, 0.3) is 0 Å². The molecule has 2 aromatic rings. The van der Waals surface area contributed by atoms with Crippen LogP contribution in [0.2, 0.25) is 0 Å². The Hall–Kier alpha value is -1.69. The third-order valence-corrected chi connectivity index (χ3v) is 3.88. The minimum absolute atomic E-state index is 0.0515. The van der Waals surface area contributed by atoms with Crippen LogP contribution in [0.1, 0.15) is 41.2 Å². The number of ketones is 1. The summed E-state index contributed by atoms with van der Waals surface area (Å²) in [7, 11) is 1.92. The van der Waals surface area contributed by atoms with Crippen molar-refractivity contribution in [1.82, 2.24) is 14.2 Å². The largest absolute Gasteiger partial charge is 0.371 e. The van der Waals surface area contributed by atoms with E-state index in [4.69, 9.17) is 0 Å². The molecule has 0 bridgehead atoms. The van der Waals surface area contributed by atoms with Gasteiger partial charge in [0.05, 0.1) is 17.0 Å². The van der Waals surface area contributed by atoms with Crippen LogP contribution in [0.15, 0.2) is 6.20 Å². The topological polar surface area (TPSA) is 59.8 Å². The van der Waals surface area contributed by atoms with E-state index in [1.807, 2.05) is 24.9 Å². The normalized spacial score (nSPS) is 10.7. The fourth-order valence-electron chi connectivity index (χ4n) is 2.11. The van der Waals surface area contributed by atoms with E-state index in [2.05, 4.69) is 21.7 Å². The van der Waals surface area contributed by atoms with Crippen LogP contribution in [-0.4, -0.2) is 19.9 Å². The second kappa shape index (κ2) is 5.52. The molecule has 2 rings (SSSR count). The van der Waals surface area contributed by atoms with Crippen LogP contribution < -0.4 is 5.32 Å². The Kier molecular flexibility index (Phi) is 3.99. The molecule has 0 radical (unpaired) electrons. The number of rotatable bonds is 5. The minimum atomic E-state index is 0.0515. The molecule has 0 spiro atoms. The van der Waals surface area contributed by atoms with E-state index in [-0.39, 0.29) is 5.78 Å². The molecule has 0 unspecified atom stereocenters. The third kappa shape index (κ3) is 2.84. The quantitative estimate of drug-likeness (QED) is 0.854. The zero-order valence-corrected chi connectivity index (χ0v) is 12.5. The van der Waals surface area contributed by atoms with E-state index in [1.165, 1.54) is 11.5 Å². The summed E-state index contributed by atoms with van der Waals surface area (Å²) in [6.07, 6.45) is 2.91. The third-order valence-electron chi connectivity index (χ3n) is 2.98. The van der Waals surface area contributed by atoms with Gasteiger partial charge in [0.15, 0.2) is 5.78 Å². The summed E-state index contributed by atoms with van der Waals surface area (Å²) in [6, 6.07) is 0. The van der Waals surface area contributed by atoms with Crippen LogP contribution in [0, 0.1) is 6.92 Å². The Morgan fingerprint density at radius 3 is 2.89 bits per heavy atom. The first-order valence-corrected chi connectivity index (χ1v) is 7.02. The Morgan fingerprint density at radius 2 is 2.26 bits per heavy atom. The molecule has 0 aromatic carbocycles. The molecule has 0 amide bonds. The lowest BCUT2D eigenvalue weighted by Gasteiger charge is -2.05. The number of hydrogen-bond donors (Lipinski definition) is 1. The molecule has 2 aromatic heterocycles. The van der Waals surface area contributed by atoms with E-state index in [9.17, 15) is 4.79 Å². The molecule has 5 nitrogen and oxygen atoms in total. The summed E-state index contributed by atoms with van der Waals surface area (Å²) >= 11 is 1.33. The second-order valence-electron chi connectivity index (χ2n) is 4.51. The Balaban J connectivity index is 2.17. The van der Waals surface area contributed by atoms with Crippen molar-refractivity contribution in [2.75, 3.05) is 5.32 Å². The fraction of sp³-hybridized carbons (Fsp3) is 0.462. The number of aryl methyl sites for hydroxylation is 3. The van der Waals surface area contributed by atoms with Gasteiger partial charge in [-0.2, -0.15) is 9.47 Å². The van der Waals surface area contributed by atoms with Crippen LogP contribution in [0.3, 0.4) is 0 Å². The molecule has 0 aliphatic carbocycles. The van der Waals surface area contributed by atoms with Gasteiger partial charge in [-0.3, -0.25) is 9.48 Å². The van der Waals surface area contributed by atoms with Crippen molar-refractivity contribution in [1.29, 1.82) is 0 Å². The van der Waals surface area contributed by atoms with Gasteiger partial charge in [-0.15, -0.1) is 0 Å². The number of nitrogens with zero attached hydrogens (tertiary/aromatic N) is 3. The first kappa shape index (κ1) is 13.7. The molecule has 1 N–H and O–H groups in total. The lowest BCUT2D eigenvalue weighted by atomic mass is 10.1. The molecule has 0 saturated carbocycles. The summed E-state index contributed by atoms with van der Waals surface area (Å²) in [5.41, 5.74) is 3.74. The molecular weight excluding hydrogens is 260 g/mol. The number of Topliss-reactive ketones (excluding diaryl/α,β-unsaturated/α-hetero) is 1. The summed E-state index contributed by atoms with van der Waals surface area (Å²) < 4.78 is 6.05. The van der Waals surface area contributed by atoms with Gasteiger partial charge in [0.1, 0.15) is 5.00 Å². The standard InChI is InChI=1S/C13H18N4OS/c1-5-11-10(7-17(4)15-11)6-14-13-12(9(3)18)8(2)16-19-13/h7,14H,5-6H2,1-4H3. The molecule has 0 saturated heterocycles. The van der Waals surface area contributed by atoms with E-state index in [0.717, 1.165) is 28.4 Å². The molecule has 6 heteroatoms. The molecule has 0 aliphatic rings. The van der Waals surface area contributed by atoms with Gasteiger partial charge in [0.2, 0.25) is 0 Å². The number of anilines is 1. The van der Waals surface area contributed by atoms with Crippen LogP contribution >= 0.6 is 11.5 Å². The molecule has 102 valence electrons. The maximum absolute atomic E-state index is 11.6. The van der Waals surface area contributed by atoms with Crippen molar-refractivity contribution in [3.05, 3.63) is 28.7 Å². The summed E-state index contributed by atoms with van der Waals surface area (Å²) in [5, 5.41) is 8.55. The van der Waals surface area contributed by atoms with Crippen LogP contribution in [0.5, 0.6) is 0 Å². The zero-order chi connectivity index (χ0) is 14.0. The highest BCUT2D eigenvalue weighted by molar-refractivity contribution is 7.10. The van der Waals surface area contributed by atoms with Crippen molar-refractivity contribution in [2.45, 2.75) is 33.7 Å². The Bertz CT molecular complexity index is 600. The maximum Gasteiger partial charge on any atom is 0.164 e. The van der Waals surface area contributed by atoms with Gasteiger partial charge < -0.3 is 5.32 Å². The summed E-state index contributed by atoms with van der Waals surface area (Å²) in [5.74, 6) is 0.0515. The molecule has 0 aliphatic heterocycles. The highest BCUT2D eigenvalue weighted by atomic mass is 32.1. The fourth-order valence-corrected chi connectivity index (χ4v) is 2.95. The minimum Gasteiger partial charge on any atom is -0.371 e. The van der Waals surface area contributed by atoms with Gasteiger partial charge in [-0.05, 0) is 31.8 Å². The van der Waals surface area contributed by atoms with Gasteiger partial charge in [-0.25, -0.2) is 0 Å². The Labute approximate surface area is 116 Å². The average Bonchev–Trinajstić information content (AvgIpc) is 2.89. The average molecular weight is 278 g/mol. The number of nitrogens with one attached hydrogen (secondary N) is 1. The lowest BCUT2D eigenvalue weighted by Crippen LogP contribution is -2.04. The molecule has 2 heterocycles. The van der Waals surface area contributed by atoms with Crippen molar-refractivity contribution in [3.8, 4) is 0 Å². The van der Waals surface area contributed by atoms with E-state index >= 15 is 0 Å². The summed E-state index contributed by atoms with van der Waals surface area (Å²) in [4.78, 5) is 11.6. The van der Waals surface area contributed by atoms with Crippen LogP contribution in [0.4, 0.5) is 5.00 Å². The van der Waals surface area contributed by atoms with Gasteiger partial charge in [0, 0.05) is 25.4 Å². The van der Waals surface area contributed by atoms with Crippen LogP contribution in [-0.2, 0) is 20.0 Å². The highest BCUT2D eigenvalue weighted by Crippen LogP contribution is 2.25. The number of carbonyl (C=O) groups excluding carboxylic acids is 1. The predicted octanol–water partition coefficient (Wildman–Crippen LogP) is 2.56. The van der Waals surface area contributed by atoms with Crippen molar-refractivity contribution < 1.29 is 4.79 Å². The molecule has 0 atom stereocenters. The second-order valence-corrected chi connectivity index (χ2v) is 5.28. The summed E-state index contributed by atoms with van der Waals surface area (Å²) in [6.45, 7) is 6.19. The zero-order valence-electron chi connectivity index (χ0n) is 11.6. The smallest absolute Gasteiger partial charge is 0.164 e.